The predicted molar refractivity (Wildman–Crippen MR) is 103 cm³/mol. The first-order valence-corrected chi connectivity index (χ1v) is 10.3. The normalized spacial score (nSPS) is 18.6. The monoisotopic (exact) mass is 368 g/mol. The number of hydrogen-bond donors (Lipinski definition) is 1. The van der Waals surface area contributed by atoms with E-state index < -0.39 is 0 Å². The van der Waals surface area contributed by atoms with E-state index >= 15 is 0 Å². The Morgan fingerprint density at radius 2 is 1.96 bits per heavy atom. The maximum atomic E-state index is 12.9. The molecule has 26 heavy (non-hydrogen) atoms. The van der Waals surface area contributed by atoms with Gasteiger partial charge >= 0.3 is 0 Å². The van der Waals surface area contributed by atoms with E-state index in [2.05, 4.69) is 5.32 Å². The highest BCUT2D eigenvalue weighted by atomic mass is 32.1. The van der Waals surface area contributed by atoms with Crippen LogP contribution >= 0.6 is 11.3 Å². The molecule has 2 heterocycles. The molecule has 1 saturated carbocycles. The molecule has 0 bridgehead atoms. The predicted octanol–water partition coefficient (Wildman–Crippen LogP) is 4.28. The number of nitrogens with zero attached hydrogens (tertiary/aromatic N) is 1. The molecule has 4 rings (SSSR count). The summed E-state index contributed by atoms with van der Waals surface area (Å²) in [4.78, 5) is 28.5. The summed E-state index contributed by atoms with van der Waals surface area (Å²) in [5, 5.41) is 5.21. The Labute approximate surface area is 158 Å². The van der Waals surface area contributed by atoms with Crippen LogP contribution in [0, 0.1) is 0 Å². The second-order valence-electron chi connectivity index (χ2n) is 7.23. The van der Waals surface area contributed by atoms with Crippen LogP contribution in [0.1, 0.15) is 65.4 Å². The van der Waals surface area contributed by atoms with Crippen molar-refractivity contribution in [2.75, 3.05) is 0 Å². The molecule has 0 radical (unpaired) electrons. The van der Waals surface area contributed by atoms with Crippen molar-refractivity contribution in [2.24, 2.45) is 0 Å². The summed E-state index contributed by atoms with van der Waals surface area (Å²) in [5.74, 6) is 0.0866. The van der Waals surface area contributed by atoms with Crippen LogP contribution in [0.25, 0.3) is 0 Å². The summed E-state index contributed by atoms with van der Waals surface area (Å²) in [6.45, 7) is 0.578. The molecule has 1 aliphatic heterocycles. The van der Waals surface area contributed by atoms with Gasteiger partial charge in [0, 0.05) is 23.0 Å². The number of carbonyl (C=O) groups is 2. The second-order valence-corrected chi connectivity index (χ2v) is 8.21. The zero-order chi connectivity index (χ0) is 17.9. The molecule has 1 aliphatic carbocycles. The van der Waals surface area contributed by atoms with Crippen molar-refractivity contribution >= 4 is 23.2 Å². The number of fused-ring (bicyclic) bond motifs is 1. The van der Waals surface area contributed by atoms with Crippen LogP contribution in [-0.4, -0.2) is 22.8 Å². The van der Waals surface area contributed by atoms with Crippen molar-refractivity contribution in [2.45, 2.75) is 57.2 Å². The van der Waals surface area contributed by atoms with Gasteiger partial charge in [0.2, 0.25) is 5.91 Å². The van der Waals surface area contributed by atoms with Gasteiger partial charge in [0.25, 0.3) is 5.91 Å². The van der Waals surface area contributed by atoms with E-state index in [1.807, 2.05) is 46.7 Å². The van der Waals surface area contributed by atoms with Gasteiger partial charge in [-0.2, -0.15) is 0 Å². The maximum absolute atomic E-state index is 12.9. The van der Waals surface area contributed by atoms with Crippen LogP contribution in [0.3, 0.4) is 0 Å². The number of nitrogens with one attached hydrogen (secondary N) is 1. The molecule has 2 aromatic rings. The molecular formula is C21H24N2O2S. The fourth-order valence-electron chi connectivity index (χ4n) is 4.08. The highest BCUT2D eigenvalue weighted by Gasteiger charge is 2.35. The lowest BCUT2D eigenvalue weighted by Gasteiger charge is -2.28. The van der Waals surface area contributed by atoms with Crippen LogP contribution in [0.15, 0.2) is 41.8 Å². The maximum Gasteiger partial charge on any atom is 0.255 e. The summed E-state index contributed by atoms with van der Waals surface area (Å²) in [5.41, 5.74) is 1.81. The van der Waals surface area contributed by atoms with E-state index in [0.717, 1.165) is 28.8 Å². The van der Waals surface area contributed by atoms with Crippen LogP contribution in [0.2, 0.25) is 0 Å². The molecule has 1 N–H and O–H groups in total. The zero-order valence-corrected chi connectivity index (χ0v) is 15.6. The Hall–Kier alpha value is -2.14. The molecule has 1 aromatic carbocycles. The molecule has 1 aromatic heterocycles. The Kier molecular flexibility index (Phi) is 5.07. The summed E-state index contributed by atoms with van der Waals surface area (Å²) >= 11 is 1.61. The molecule has 1 atom stereocenters. The number of hydrogen-bond acceptors (Lipinski definition) is 3. The number of rotatable bonds is 5. The third kappa shape index (κ3) is 3.54. The highest BCUT2D eigenvalue weighted by molar-refractivity contribution is 7.10. The van der Waals surface area contributed by atoms with Gasteiger partial charge in [-0.1, -0.05) is 43.5 Å². The third-order valence-corrected chi connectivity index (χ3v) is 6.42. The third-order valence-electron chi connectivity index (χ3n) is 5.45. The Balaban J connectivity index is 1.51. The molecule has 4 nitrogen and oxygen atoms in total. The standard InChI is InChI=1S/C21H24N2O2S/c24-20(22-16-8-2-1-3-9-16)13-18(19-11-6-12-26-19)23-14-15-7-4-5-10-17(15)21(23)25/h4-7,10-12,16,18H,1-3,8-9,13-14H2,(H,22,24)/t18-/m1/s1. The average Bonchev–Trinajstić information content (AvgIpc) is 3.30. The van der Waals surface area contributed by atoms with E-state index in [0.29, 0.717) is 19.0 Å². The first-order valence-electron chi connectivity index (χ1n) is 9.44. The fraction of sp³-hybridized carbons (Fsp3) is 0.429. The van der Waals surface area contributed by atoms with E-state index in [9.17, 15) is 9.59 Å². The van der Waals surface area contributed by atoms with E-state index in [4.69, 9.17) is 0 Å². The van der Waals surface area contributed by atoms with Gasteiger partial charge in [0.15, 0.2) is 0 Å². The van der Waals surface area contributed by atoms with Crippen molar-refractivity contribution in [1.82, 2.24) is 10.2 Å². The molecular weight excluding hydrogens is 344 g/mol. The molecule has 0 unspecified atom stereocenters. The van der Waals surface area contributed by atoms with Gasteiger partial charge in [-0.3, -0.25) is 9.59 Å². The summed E-state index contributed by atoms with van der Waals surface area (Å²) in [6, 6.07) is 11.9. The quantitative estimate of drug-likeness (QED) is 0.856. The van der Waals surface area contributed by atoms with Gasteiger partial charge in [0.1, 0.15) is 0 Å². The topological polar surface area (TPSA) is 49.4 Å². The van der Waals surface area contributed by atoms with Crippen LogP contribution in [0.5, 0.6) is 0 Å². The Morgan fingerprint density at radius 3 is 2.69 bits per heavy atom. The Bertz CT molecular complexity index is 781. The second kappa shape index (κ2) is 7.62. The summed E-state index contributed by atoms with van der Waals surface area (Å²) < 4.78 is 0. The molecule has 0 spiro atoms. The first-order chi connectivity index (χ1) is 12.7. The zero-order valence-electron chi connectivity index (χ0n) is 14.8. The van der Waals surface area contributed by atoms with Crippen LogP contribution in [0.4, 0.5) is 0 Å². The molecule has 1 fully saturated rings. The molecule has 2 amide bonds. The van der Waals surface area contributed by atoms with Crippen LogP contribution < -0.4 is 5.32 Å². The van der Waals surface area contributed by atoms with Gasteiger partial charge < -0.3 is 10.2 Å². The average molecular weight is 369 g/mol. The molecule has 5 heteroatoms. The van der Waals surface area contributed by atoms with Crippen molar-refractivity contribution in [3.8, 4) is 0 Å². The number of thiophene rings is 1. The smallest absolute Gasteiger partial charge is 0.255 e. The SMILES string of the molecule is O=C(C[C@H](c1cccs1)N1Cc2ccccc2C1=O)NC1CCCCC1. The largest absolute Gasteiger partial charge is 0.353 e. The minimum atomic E-state index is -0.196. The van der Waals surface area contributed by atoms with Crippen molar-refractivity contribution in [3.05, 3.63) is 57.8 Å². The van der Waals surface area contributed by atoms with E-state index in [1.54, 1.807) is 11.3 Å². The van der Waals surface area contributed by atoms with Gasteiger partial charge in [-0.25, -0.2) is 0 Å². The minimum absolute atomic E-state index is 0.0319. The van der Waals surface area contributed by atoms with Gasteiger partial charge in [-0.05, 0) is 35.9 Å². The number of carbonyl (C=O) groups excluding carboxylic acids is 2. The lowest BCUT2D eigenvalue weighted by molar-refractivity contribution is -0.123. The lowest BCUT2D eigenvalue weighted by Crippen LogP contribution is -2.39. The van der Waals surface area contributed by atoms with E-state index in [1.165, 1.54) is 19.3 Å². The summed E-state index contributed by atoms with van der Waals surface area (Å²) in [6.07, 6.45) is 6.13. The van der Waals surface area contributed by atoms with Crippen molar-refractivity contribution in [1.29, 1.82) is 0 Å². The van der Waals surface area contributed by atoms with E-state index in [-0.39, 0.29) is 17.9 Å². The molecule has 136 valence electrons. The summed E-state index contributed by atoms with van der Waals surface area (Å²) in [7, 11) is 0. The minimum Gasteiger partial charge on any atom is -0.353 e. The Morgan fingerprint density at radius 1 is 1.15 bits per heavy atom. The highest BCUT2D eigenvalue weighted by Crippen LogP contribution is 2.35. The molecule has 2 aliphatic rings. The molecule has 0 saturated heterocycles. The number of amides is 2. The van der Waals surface area contributed by atoms with Crippen LogP contribution in [-0.2, 0) is 11.3 Å². The van der Waals surface area contributed by atoms with Crippen molar-refractivity contribution in [3.63, 3.8) is 0 Å². The number of benzene rings is 1. The first kappa shape index (κ1) is 17.3. The fourth-order valence-corrected chi connectivity index (χ4v) is 4.92. The van der Waals surface area contributed by atoms with Crippen molar-refractivity contribution < 1.29 is 9.59 Å². The van der Waals surface area contributed by atoms with Gasteiger partial charge in [-0.15, -0.1) is 11.3 Å². The lowest BCUT2D eigenvalue weighted by atomic mass is 9.95. The van der Waals surface area contributed by atoms with Gasteiger partial charge in [0.05, 0.1) is 12.5 Å².